The minimum absolute atomic E-state index is 0.0425. The summed E-state index contributed by atoms with van der Waals surface area (Å²) in [4.78, 5) is 40.9. The normalized spacial score (nSPS) is 11.1. The molecule has 0 bridgehead atoms. The van der Waals surface area contributed by atoms with E-state index in [9.17, 15) is 24.6 Å². The van der Waals surface area contributed by atoms with Gasteiger partial charge in [0.1, 0.15) is 11.3 Å². The molecule has 9 nitrogen and oxygen atoms in total. The number of H-pyrrole nitrogens is 1. The van der Waals surface area contributed by atoms with Gasteiger partial charge in [-0.1, -0.05) is 17.7 Å². The minimum atomic E-state index is -1.42. The Hall–Kier alpha value is -3.59. The van der Waals surface area contributed by atoms with Gasteiger partial charge in [0.15, 0.2) is 0 Å². The molecule has 2 heterocycles. The van der Waals surface area contributed by atoms with Gasteiger partial charge < -0.3 is 19.4 Å². The number of aliphatic imine (C=N–C) groups is 1. The Morgan fingerprint density at radius 3 is 2.81 bits per heavy atom. The van der Waals surface area contributed by atoms with Crippen LogP contribution in [-0.4, -0.2) is 26.8 Å². The minimum Gasteiger partial charge on any atom is -0.545 e. The van der Waals surface area contributed by atoms with E-state index in [0.717, 1.165) is 16.8 Å². The highest BCUT2D eigenvalue weighted by Crippen LogP contribution is 2.26. The number of aromatic amines is 1. The molecule has 3 rings (SSSR count). The molecule has 2 aromatic heterocycles. The molecular formula is C17H11ClN3O6-. The Kier molecular flexibility index (Phi) is 4.95. The molecule has 0 saturated carbocycles. The van der Waals surface area contributed by atoms with Crippen LogP contribution in [0.4, 0.5) is 5.69 Å². The Bertz CT molecular complexity index is 1140. The molecule has 0 spiro atoms. The summed E-state index contributed by atoms with van der Waals surface area (Å²) in [5.74, 6) is -1.67. The van der Waals surface area contributed by atoms with E-state index in [4.69, 9.17) is 16.0 Å². The number of benzene rings is 1. The molecule has 0 amide bonds. The lowest BCUT2D eigenvalue weighted by Gasteiger charge is -2.08. The number of nitrogens with one attached hydrogen (secondary N) is 1. The Balaban J connectivity index is 2.04. The average Bonchev–Trinajstić information content (AvgIpc) is 3.12. The van der Waals surface area contributed by atoms with E-state index >= 15 is 0 Å². The lowest BCUT2D eigenvalue weighted by molar-refractivity contribution is -0.255. The SMILES string of the molecule is O=C([O-])c1ccc(Cl)c(N=Cc2c(O)n(Cc3ccco3)c(=O)[nH]c2=O)c1. The van der Waals surface area contributed by atoms with Gasteiger partial charge >= 0.3 is 5.69 Å². The van der Waals surface area contributed by atoms with E-state index in [0.29, 0.717) is 5.76 Å². The third-order valence-corrected chi connectivity index (χ3v) is 3.94. The maximum absolute atomic E-state index is 12.0. The second-order valence-electron chi connectivity index (χ2n) is 5.37. The highest BCUT2D eigenvalue weighted by molar-refractivity contribution is 6.33. The maximum Gasteiger partial charge on any atom is 0.331 e. The number of carboxylic acids is 1. The number of aromatic nitrogens is 2. The maximum atomic E-state index is 12.0. The number of halogens is 1. The third kappa shape index (κ3) is 3.82. The number of nitrogens with zero attached hydrogens (tertiary/aromatic N) is 2. The second kappa shape index (κ2) is 7.34. The predicted octanol–water partition coefficient (Wildman–Crippen LogP) is 0.651. The van der Waals surface area contributed by atoms with Crippen LogP contribution in [0.25, 0.3) is 0 Å². The fraction of sp³-hybridized carbons (Fsp3) is 0.0588. The van der Waals surface area contributed by atoms with Crippen LogP contribution < -0.4 is 16.4 Å². The van der Waals surface area contributed by atoms with E-state index in [2.05, 4.69) is 9.98 Å². The number of hydrogen-bond donors (Lipinski definition) is 2. The molecule has 1 aromatic carbocycles. The molecule has 0 atom stereocenters. The first-order valence-electron chi connectivity index (χ1n) is 7.50. The standard InChI is InChI=1S/C17H12ClN3O6/c18-12-4-3-9(16(24)25)6-13(12)19-7-11-14(22)20-17(26)21(15(11)23)8-10-2-1-5-27-10/h1-7,23H,8H2,(H,24,25)(H,20,22,26)/p-1. The molecular weight excluding hydrogens is 378 g/mol. The van der Waals surface area contributed by atoms with Crippen LogP contribution in [0, 0.1) is 0 Å². The van der Waals surface area contributed by atoms with E-state index in [1.165, 1.54) is 18.4 Å². The number of aromatic hydroxyl groups is 1. The van der Waals surface area contributed by atoms with Crippen LogP contribution >= 0.6 is 11.6 Å². The topological polar surface area (TPSA) is 141 Å². The van der Waals surface area contributed by atoms with Gasteiger partial charge in [0.05, 0.1) is 29.5 Å². The van der Waals surface area contributed by atoms with Gasteiger partial charge in [-0.05, 0) is 29.8 Å². The van der Waals surface area contributed by atoms with Crippen molar-refractivity contribution in [2.45, 2.75) is 6.54 Å². The fourth-order valence-corrected chi connectivity index (χ4v) is 2.44. The van der Waals surface area contributed by atoms with Gasteiger partial charge in [0.25, 0.3) is 5.56 Å². The number of furan rings is 1. The van der Waals surface area contributed by atoms with Crippen molar-refractivity contribution in [2.75, 3.05) is 0 Å². The molecule has 10 heteroatoms. The van der Waals surface area contributed by atoms with Crippen molar-refractivity contribution in [2.24, 2.45) is 4.99 Å². The summed E-state index contributed by atoms with van der Waals surface area (Å²) in [5, 5.41) is 21.4. The van der Waals surface area contributed by atoms with Crippen molar-refractivity contribution in [3.05, 3.63) is 79.3 Å². The molecule has 0 fully saturated rings. The second-order valence-corrected chi connectivity index (χ2v) is 5.78. The number of carbonyl (C=O) groups excluding carboxylic acids is 1. The lowest BCUT2D eigenvalue weighted by atomic mass is 10.2. The van der Waals surface area contributed by atoms with Crippen molar-refractivity contribution >= 4 is 29.5 Å². The highest BCUT2D eigenvalue weighted by atomic mass is 35.5. The molecule has 138 valence electrons. The number of rotatable bonds is 5. The largest absolute Gasteiger partial charge is 0.545 e. The number of hydrogen-bond acceptors (Lipinski definition) is 7. The third-order valence-electron chi connectivity index (χ3n) is 3.62. The lowest BCUT2D eigenvalue weighted by Crippen LogP contribution is -2.32. The van der Waals surface area contributed by atoms with Gasteiger partial charge in [-0.15, -0.1) is 0 Å². The van der Waals surface area contributed by atoms with E-state index in [1.807, 2.05) is 0 Å². The zero-order valence-corrected chi connectivity index (χ0v) is 14.3. The summed E-state index contributed by atoms with van der Waals surface area (Å²) >= 11 is 5.95. The summed E-state index contributed by atoms with van der Waals surface area (Å²) in [5.41, 5.74) is -2.13. The quantitative estimate of drug-likeness (QED) is 0.615. The zero-order valence-electron chi connectivity index (χ0n) is 13.5. The van der Waals surface area contributed by atoms with Crippen LogP contribution in [0.15, 0.2) is 55.6 Å². The molecule has 0 saturated heterocycles. The summed E-state index contributed by atoms with van der Waals surface area (Å²) < 4.78 is 6.01. The van der Waals surface area contributed by atoms with Crippen molar-refractivity contribution < 1.29 is 19.4 Å². The molecule has 3 aromatic rings. The molecule has 0 aliphatic carbocycles. The van der Waals surface area contributed by atoms with Crippen LogP contribution in [-0.2, 0) is 6.54 Å². The monoisotopic (exact) mass is 388 g/mol. The summed E-state index contributed by atoms with van der Waals surface area (Å²) in [6.07, 6.45) is 2.38. The Morgan fingerprint density at radius 2 is 2.15 bits per heavy atom. The van der Waals surface area contributed by atoms with E-state index in [1.54, 1.807) is 12.1 Å². The first kappa shape index (κ1) is 18.2. The predicted molar refractivity (Wildman–Crippen MR) is 93.8 cm³/mol. The molecule has 0 aliphatic rings. The van der Waals surface area contributed by atoms with Crippen molar-refractivity contribution in [3.8, 4) is 5.88 Å². The van der Waals surface area contributed by atoms with E-state index in [-0.39, 0.29) is 28.4 Å². The first-order chi connectivity index (χ1) is 12.9. The summed E-state index contributed by atoms with van der Waals surface area (Å²) in [6, 6.07) is 6.90. The van der Waals surface area contributed by atoms with Gasteiger partial charge in [-0.3, -0.25) is 19.3 Å². The smallest absolute Gasteiger partial charge is 0.331 e. The Morgan fingerprint density at radius 1 is 1.37 bits per heavy atom. The molecule has 0 radical (unpaired) electrons. The summed E-state index contributed by atoms with van der Waals surface area (Å²) in [6.45, 7) is -0.115. The van der Waals surface area contributed by atoms with Crippen LogP contribution in [0.5, 0.6) is 5.88 Å². The van der Waals surface area contributed by atoms with Gasteiger partial charge in [-0.2, -0.15) is 0 Å². The number of aromatic carboxylic acids is 1. The first-order valence-corrected chi connectivity index (χ1v) is 7.88. The number of carbonyl (C=O) groups is 1. The summed E-state index contributed by atoms with van der Waals surface area (Å²) in [7, 11) is 0. The van der Waals surface area contributed by atoms with Crippen LogP contribution in [0.3, 0.4) is 0 Å². The van der Waals surface area contributed by atoms with Crippen molar-refractivity contribution in [3.63, 3.8) is 0 Å². The van der Waals surface area contributed by atoms with Gasteiger partial charge in [-0.25, -0.2) is 4.79 Å². The highest BCUT2D eigenvalue weighted by Gasteiger charge is 2.14. The van der Waals surface area contributed by atoms with Crippen LogP contribution in [0.1, 0.15) is 21.7 Å². The molecule has 0 unspecified atom stereocenters. The molecule has 0 aliphatic heterocycles. The van der Waals surface area contributed by atoms with Crippen molar-refractivity contribution in [1.82, 2.24) is 9.55 Å². The van der Waals surface area contributed by atoms with E-state index < -0.39 is 23.1 Å². The Labute approximate surface area is 155 Å². The fourth-order valence-electron chi connectivity index (χ4n) is 2.27. The van der Waals surface area contributed by atoms with Crippen molar-refractivity contribution in [1.29, 1.82) is 0 Å². The van der Waals surface area contributed by atoms with Gasteiger partial charge in [0.2, 0.25) is 5.88 Å². The number of carboxylic acid groups (broad SMARTS) is 1. The molecule has 2 N–H and O–H groups in total. The average molecular weight is 389 g/mol. The van der Waals surface area contributed by atoms with Gasteiger partial charge in [0, 0.05) is 6.21 Å². The zero-order chi connectivity index (χ0) is 19.6. The molecule has 27 heavy (non-hydrogen) atoms. The van der Waals surface area contributed by atoms with Crippen LogP contribution in [0.2, 0.25) is 5.02 Å².